The number of carbonyl (C=O) groups is 1. The van der Waals surface area contributed by atoms with E-state index >= 15 is 0 Å². The Morgan fingerprint density at radius 2 is 2.00 bits per heavy atom. The van der Waals surface area contributed by atoms with Crippen molar-refractivity contribution in [3.63, 3.8) is 0 Å². The molecule has 0 aliphatic rings. The third-order valence-electron chi connectivity index (χ3n) is 1.25. The summed E-state index contributed by atoms with van der Waals surface area (Å²) in [5, 5.41) is 10.1. The molecule has 14 heavy (non-hydrogen) atoms. The average Bonchev–Trinajstić information content (AvgIpc) is 2.07. The van der Waals surface area contributed by atoms with E-state index in [1.54, 1.807) is 18.2 Å². The van der Waals surface area contributed by atoms with Crippen LogP contribution in [0.25, 0.3) is 0 Å². The predicted octanol–water partition coefficient (Wildman–Crippen LogP) is -1.66. The molecule has 0 radical (unpaired) electrons. The quantitative estimate of drug-likeness (QED) is 0.615. The van der Waals surface area contributed by atoms with Gasteiger partial charge >= 0.3 is 51.4 Å². The van der Waals surface area contributed by atoms with Crippen molar-refractivity contribution in [2.24, 2.45) is 0 Å². The number of hydrogen-bond donors (Lipinski definition) is 0. The summed E-state index contributed by atoms with van der Waals surface area (Å²) in [5.74, 6) is -0.752. The standard InChI is InChI=1S/C8H6Br2O3.K/c9-6-2-1-5(3-7(6)10)13-4-8(11)12;/h1-3H,4H2,(H,11,12);/q;+1/p-1. The molecule has 0 aromatic heterocycles. The van der Waals surface area contributed by atoms with Gasteiger partial charge in [0.2, 0.25) is 0 Å². The topological polar surface area (TPSA) is 49.4 Å². The third kappa shape index (κ3) is 5.25. The normalized spacial score (nSPS) is 9.00. The molecule has 3 nitrogen and oxygen atoms in total. The van der Waals surface area contributed by atoms with E-state index < -0.39 is 12.6 Å². The van der Waals surface area contributed by atoms with Gasteiger partial charge in [-0.1, -0.05) is 0 Å². The number of hydrogen-bond acceptors (Lipinski definition) is 3. The van der Waals surface area contributed by atoms with Gasteiger partial charge in [-0.3, -0.25) is 0 Å². The van der Waals surface area contributed by atoms with Crippen molar-refractivity contribution in [2.75, 3.05) is 6.61 Å². The molecule has 0 amide bonds. The minimum Gasteiger partial charge on any atom is -0.546 e. The SMILES string of the molecule is O=C([O-])COc1ccc(Br)c(Br)c1.[K+]. The molecule has 6 heteroatoms. The van der Waals surface area contributed by atoms with E-state index in [2.05, 4.69) is 31.9 Å². The summed E-state index contributed by atoms with van der Waals surface area (Å²) in [6.45, 7) is -0.436. The van der Waals surface area contributed by atoms with E-state index in [1.807, 2.05) is 0 Å². The van der Waals surface area contributed by atoms with Gasteiger partial charge in [0.25, 0.3) is 0 Å². The molecule has 1 rings (SSSR count). The van der Waals surface area contributed by atoms with Crippen molar-refractivity contribution >= 4 is 37.8 Å². The molecule has 0 N–H and O–H groups in total. The van der Waals surface area contributed by atoms with Gasteiger partial charge in [0.1, 0.15) is 12.4 Å². The van der Waals surface area contributed by atoms with Gasteiger partial charge in [-0.05, 0) is 50.1 Å². The van der Waals surface area contributed by atoms with Crippen LogP contribution in [-0.4, -0.2) is 12.6 Å². The van der Waals surface area contributed by atoms with Crippen molar-refractivity contribution in [1.82, 2.24) is 0 Å². The van der Waals surface area contributed by atoms with Gasteiger partial charge in [-0.25, -0.2) is 0 Å². The van der Waals surface area contributed by atoms with Crippen LogP contribution in [0, 0.1) is 0 Å². The minimum atomic E-state index is -1.24. The molecule has 70 valence electrons. The first kappa shape index (κ1) is 15.1. The smallest absolute Gasteiger partial charge is 0.546 e. The van der Waals surface area contributed by atoms with Crippen LogP contribution in [0.5, 0.6) is 5.75 Å². The first-order valence-corrected chi connectivity index (χ1v) is 4.96. The maximum atomic E-state index is 10.1. The Kier molecular flexibility index (Phi) is 7.95. The van der Waals surface area contributed by atoms with Gasteiger partial charge in [0.15, 0.2) is 0 Å². The Hall–Kier alpha value is 1.09. The van der Waals surface area contributed by atoms with Crippen molar-refractivity contribution in [3.05, 3.63) is 27.1 Å². The Morgan fingerprint density at radius 1 is 1.36 bits per heavy atom. The third-order valence-corrected chi connectivity index (χ3v) is 3.13. The molecule has 1 aromatic carbocycles. The molecule has 0 unspecified atom stereocenters. The number of rotatable bonds is 3. The van der Waals surface area contributed by atoms with E-state index in [0.29, 0.717) is 5.75 Å². The Bertz CT molecular complexity index is 330. The Balaban J connectivity index is 0.00000169. The van der Waals surface area contributed by atoms with Crippen LogP contribution in [0.1, 0.15) is 0 Å². The van der Waals surface area contributed by atoms with Crippen molar-refractivity contribution < 1.29 is 66.0 Å². The van der Waals surface area contributed by atoms with E-state index in [1.165, 1.54) is 0 Å². The van der Waals surface area contributed by atoms with Crippen LogP contribution in [0.2, 0.25) is 0 Å². The predicted molar refractivity (Wildman–Crippen MR) is 52.3 cm³/mol. The van der Waals surface area contributed by atoms with E-state index in [0.717, 1.165) is 8.95 Å². The van der Waals surface area contributed by atoms with Crippen molar-refractivity contribution in [3.8, 4) is 5.75 Å². The van der Waals surface area contributed by atoms with Crippen LogP contribution in [-0.2, 0) is 4.79 Å². The van der Waals surface area contributed by atoms with Gasteiger partial charge < -0.3 is 14.6 Å². The fourth-order valence-electron chi connectivity index (χ4n) is 0.709. The first-order valence-electron chi connectivity index (χ1n) is 3.37. The van der Waals surface area contributed by atoms with E-state index in [4.69, 9.17) is 4.74 Å². The molecule has 0 spiro atoms. The van der Waals surface area contributed by atoms with Crippen LogP contribution in [0.4, 0.5) is 0 Å². The second kappa shape index (κ2) is 7.37. The number of aliphatic carboxylic acids is 1. The maximum Gasteiger partial charge on any atom is 1.00 e. The maximum absolute atomic E-state index is 10.1. The molecule has 0 saturated heterocycles. The monoisotopic (exact) mass is 346 g/mol. The number of benzene rings is 1. The Morgan fingerprint density at radius 3 is 2.50 bits per heavy atom. The second-order valence-electron chi connectivity index (χ2n) is 2.24. The zero-order valence-electron chi connectivity index (χ0n) is 7.42. The summed E-state index contributed by atoms with van der Waals surface area (Å²) >= 11 is 6.54. The zero-order chi connectivity index (χ0) is 9.84. The van der Waals surface area contributed by atoms with Gasteiger partial charge in [-0.15, -0.1) is 0 Å². The number of carbonyl (C=O) groups excluding carboxylic acids is 1. The first-order chi connectivity index (χ1) is 6.09. The van der Waals surface area contributed by atoms with Crippen LogP contribution in [0.3, 0.4) is 0 Å². The van der Waals surface area contributed by atoms with Crippen LogP contribution >= 0.6 is 31.9 Å². The number of carboxylic acid groups (broad SMARTS) is 1. The number of carboxylic acids is 1. The summed E-state index contributed by atoms with van der Waals surface area (Å²) in [6.07, 6.45) is 0. The fraction of sp³-hybridized carbons (Fsp3) is 0.125. The van der Waals surface area contributed by atoms with Crippen molar-refractivity contribution in [1.29, 1.82) is 0 Å². The fourth-order valence-corrected chi connectivity index (χ4v) is 1.31. The minimum absolute atomic E-state index is 0. The molecule has 0 aliphatic carbocycles. The summed E-state index contributed by atoms with van der Waals surface area (Å²) in [7, 11) is 0. The zero-order valence-corrected chi connectivity index (χ0v) is 13.7. The molecule has 1 aromatic rings. The molecule has 0 fully saturated rings. The Labute approximate surface area is 141 Å². The van der Waals surface area contributed by atoms with Gasteiger partial charge in [0.05, 0.1) is 5.97 Å². The molecule has 0 bridgehead atoms. The molecule has 0 heterocycles. The van der Waals surface area contributed by atoms with E-state index in [9.17, 15) is 9.90 Å². The van der Waals surface area contributed by atoms with Gasteiger partial charge in [0, 0.05) is 8.95 Å². The average molecular weight is 348 g/mol. The summed E-state index contributed by atoms with van der Waals surface area (Å²) in [6, 6.07) is 5.10. The van der Waals surface area contributed by atoms with Crippen LogP contribution in [0.15, 0.2) is 27.1 Å². The van der Waals surface area contributed by atoms with Gasteiger partial charge in [-0.2, -0.15) is 0 Å². The molecule has 0 saturated carbocycles. The summed E-state index contributed by atoms with van der Waals surface area (Å²) in [5.41, 5.74) is 0. The van der Waals surface area contributed by atoms with Crippen LogP contribution < -0.4 is 61.2 Å². The molecule has 0 aliphatic heterocycles. The second-order valence-corrected chi connectivity index (χ2v) is 3.95. The number of ether oxygens (including phenoxy) is 1. The largest absolute Gasteiger partial charge is 1.00 e. The summed E-state index contributed by atoms with van der Waals surface area (Å²) < 4.78 is 6.58. The van der Waals surface area contributed by atoms with E-state index in [-0.39, 0.29) is 51.4 Å². The molecule has 0 atom stereocenters. The summed E-state index contributed by atoms with van der Waals surface area (Å²) in [4.78, 5) is 10.1. The number of halogens is 2. The molecular formula is C8H5Br2KO3. The van der Waals surface area contributed by atoms with Crippen molar-refractivity contribution in [2.45, 2.75) is 0 Å². The molecular weight excluding hydrogens is 343 g/mol.